The molecule has 1 aliphatic rings. The summed E-state index contributed by atoms with van der Waals surface area (Å²) in [6, 6.07) is 6.00. The van der Waals surface area contributed by atoms with Crippen LogP contribution in [0, 0.1) is 5.82 Å². The van der Waals surface area contributed by atoms with Gasteiger partial charge >= 0.3 is 6.18 Å². The number of carbonyl (C=O) groups is 1. The van der Waals surface area contributed by atoms with Gasteiger partial charge in [-0.05, 0) is 43.7 Å². The summed E-state index contributed by atoms with van der Waals surface area (Å²) >= 11 is 0. The van der Waals surface area contributed by atoms with Crippen LogP contribution >= 0.6 is 0 Å². The van der Waals surface area contributed by atoms with Gasteiger partial charge in [-0.3, -0.25) is 14.7 Å². The van der Waals surface area contributed by atoms with Crippen LogP contribution in [-0.4, -0.2) is 46.4 Å². The minimum absolute atomic E-state index is 0.0621. The van der Waals surface area contributed by atoms with E-state index in [1.54, 1.807) is 17.0 Å². The number of nitrogens with zero attached hydrogens (tertiary/aromatic N) is 3. The average Bonchev–Trinajstić information content (AvgIpc) is 2.96. The molecule has 0 N–H and O–H groups in total. The Bertz CT molecular complexity index is 1050. The first-order valence-electron chi connectivity index (χ1n) is 10.2. The number of aromatic nitrogens is 1. The number of rotatable bonds is 6. The zero-order valence-electron chi connectivity index (χ0n) is 18.7. The molecule has 3 rings (SSSR count). The highest BCUT2D eigenvalue weighted by Crippen LogP contribution is 2.32. The fraction of sp³-hybridized carbons (Fsp3) is 0.391. The highest BCUT2D eigenvalue weighted by molar-refractivity contribution is 5.76. The molecule has 6 nitrogen and oxygen atoms in total. The summed E-state index contributed by atoms with van der Waals surface area (Å²) in [7, 11) is 1.91. The second kappa shape index (κ2) is 9.38. The number of alkyl halides is 3. The third-order valence-electron chi connectivity index (χ3n) is 5.35. The predicted octanol–water partition coefficient (Wildman–Crippen LogP) is 4.96. The van der Waals surface area contributed by atoms with Gasteiger partial charge in [0.05, 0.1) is 18.8 Å². The topological polar surface area (TPSA) is 54.9 Å². The highest BCUT2D eigenvalue weighted by atomic mass is 19.4. The van der Waals surface area contributed by atoms with Gasteiger partial charge < -0.3 is 14.4 Å². The number of benzene rings is 1. The van der Waals surface area contributed by atoms with Crippen LogP contribution in [-0.2, 0) is 22.3 Å². The fourth-order valence-electron chi connectivity index (χ4n) is 3.37. The fourth-order valence-corrected chi connectivity index (χ4v) is 3.37. The lowest BCUT2D eigenvalue weighted by Gasteiger charge is -2.28. The van der Waals surface area contributed by atoms with Gasteiger partial charge in [0, 0.05) is 32.8 Å². The Kier molecular flexibility index (Phi) is 6.97. The van der Waals surface area contributed by atoms with E-state index < -0.39 is 17.7 Å². The number of hydrogen-bond donors (Lipinski definition) is 0. The Hall–Kier alpha value is -3.14. The van der Waals surface area contributed by atoms with Crippen molar-refractivity contribution in [3.63, 3.8) is 0 Å². The number of carbonyl (C=O) groups excluding carboxylic acids is 1. The molecular formula is C23H25F4N3O3. The van der Waals surface area contributed by atoms with Gasteiger partial charge in [0.2, 0.25) is 5.91 Å². The van der Waals surface area contributed by atoms with E-state index in [-0.39, 0.29) is 36.2 Å². The summed E-state index contributed by atoms with van der Waals surface area (Å²) in [6.45, 7) is 6.45. The Labute approximate surface area is 189 Å². The maximum atomic E-state index is 14.4. The molecule has 1 saturated heterocycles. The molecule has 1 aliphatic heterocycles. The van der Waals surface area contributed by atoms with Crippen LogP contribution in [0.4, 0.5) is 17.6 Å². The molecule has 0 spiro atoms. The van der Waals surface area contributed by atoms with Crippen molar-refractivity contribution in [2.75, 3.05) is 20.2 Å². The standard InChI is InChI=1S/C23H25F4N3O3/c1-15(31)30-14-22(2,3)29(4)21(30)8-10-32-13-16-5-6-19(18(24)11-16)33-17-7-9-28-20(12-17)23(25,26)27/h5-9,11-12H,10,13-14H2,1-4H3/b21-8-. The van der Waals surface area contributed by atoms with E-state index in [4.69, 9.17) is 9.47 Å². The molecule has 2 aromatic rings. The number of likely N-dealkylation sites (N-methyl/N-ethyl adjacent to an activating group) is 1. The first-order valence-corrected chi connectivity index (χ1v) is 10.2. The Morgan fingerprint density at radius 1 is 1.24 bits per heavy atom. The summed E-state index contributed by atoms with van der Waals surface area (Å²) in [5, 5.41) is 0. The van der Waals surface area contributed by atoms with E-state index in [2.05, 4.69) is 4.98 Å². The normalized spacial score (nSPS) is 17.0. The van der Waals surface area contributed by atoms with Gasteiger partial charge in [-0.25, -0.2) is 4.39 Å². The van der Waals surface area contributed by atoms with E-state index in [0.29, 0.717) is 18.2 Å². The van der Waals surface area contributed by atoms with Crippen molar-refractivity contribution in [3.05, 3.63) is 65.5 Å². The monoisotopic (exact) mass is 467 g/mol. The molecule has 1 aromatic carbocycles. The number of amides is 1. The van der Waals surface area contributed by atoms with Crippen molar-refractivity contribution in [1.29, 1.82) is 0 Å². The minimum atomic E-state index is -4.63. The molecule has 2 heterocycles. The first kappa shape index (κ1) is 24.5. The van der Waals surface area contributed by atoms with Gasteiger partial charge in [-0.1, -0.05) is 6.07 Å². The largest absolute Gasteiger partial charge is 0.454 e. The van der Waals surface area contributed by atoms with Crippen molar-refractivity contribution < 1.29 is 31.8 Å². The molecule has 1 fully saturated rings. The zero-order chi connectivity index (χ0) is 24.4. The van der Waals surface area contributed by atoms with Crippen LogP contribution in [0.2, 0.25) is 0 Å². The van der Waals surface area contributed by atoms with Crippen LogP contribution in [0.15, 0.2) is 48.4 Å². The van der Waals surface area contributed by atoms with E-state index in [1.807, 2.05) is 25.8 Å². The van der Waals surface area contributed by atoms with Crippen LogP contribution in [0.1, 0.15) is 32.0 Å². The van der Waals surface area contributed by atoms with Crippen LogP contribution in [0.25, 0.3) is 0 Å². The molecule has 0 radical (unpaired) electrons. The Morgan fingerprint density at radius 2 is 1.97 bits per heavy atom. The van der Waals surface area contributed by atoms with Crippen LogP contribution < -0.4 is 4.74 Å². The Morgan fingerprint density at radius 3 is 2.61 bits per heavy atom. The van der Waals surface area contributed by atoms with Crippen molar-refractivity contribution in [2.24, 2.45) is 0 Å². The number of ether oxygens (including phenoxy) is 2. The predicted molar refractivity (Wildman–Crippen MR) is 113 cm³/mol. The summed E-state index contributed by atoms with van der Waals surface area (Å²) in [4.78, 5) is 18.8. The maximum absolute atomic E-state index is 14.4. The third-order valence-corrected chi connectivity index (χ3v) is 5.35. The molecule has 10 heteroatoms. The van der Waals surface area contributed by atoms with Gasteiger partial charge in [-0.15, -0.1) is 0 Å². The molecule has 33 heavy (non-hydrogen) atoms. The molecule has 0 saturated carbocycles. The van der Waals surface area contributed by atoms with Crippen molar-refractivity contribution >= 4 is 5.91 Å². The second-order valence-corrected chi connectivity index (χ2v) is 8.30. The lowest BCUT2D eigenvalue weighted by Crippen LogP contribution is -2.36. The van der Waals surface area contributed by atoms with Gasteiger partial charge in [-0.2, -0.15) is 13.2 Å². The number of hydrogen-bond acceptors (Lipinski definition) is 5. The highest BCUT2D eigenvalue weighted by Gasteiger charge is 2.39. The molecule has 1 amide bonds. The van der Waals surface area contributed by atoms with E-state index in [1.165, 1.54) is 25.1 Å². The van der Waals surface area contributed by atoms with Crippen molar-refractivity contribution in [2.45, 2.75) is 39.1 Å². The summed E-state index contributed by atoms with van der Waals surface area (Å²) in [6.07, 6.45) is -1.88. The smallest absolute Gasteiger partial charge is 0.433 e. The molecule has 1 aromatic heterocycles. The zero-order valence-corrected chi connectivity index (χ0v) is 18.7. The minimum Gasteiger partial charge on any atom is -0.454 e. The summed E-state index contributed by atoms with van der Waals surface area (Å²) < 4.78 is 63.6. The first-order chi connectivity index (χ1) is 15.4. The van der Waals surface area contributed by atoms with Gasteiger partial charge in [0.25, 0.3) is 0 Å². The van der Waals surface area contributed by atoms with Crippen molar-refractivity contribution in [1.82, 2.24) is 14.8 Å². The molecule has 0 bridgehead atoms. The molecule has 0 atom stereocenters. The lowest BCUT2D eigenvalue weighted by atomic mass is 10.1. The number of halogens is 4. The van der Waals surface area contributed by atoms with Gasteiger partial charge in [0.15, 0.2) is 11.6 Å². The lowest BCUT2D eigenvalue weighted by molar-refractivity contribution is -0.141. The van der Waals surface area contributed by atoms with E-state index >= 15 is 0 Å². The maximum Gasteiger partial charge on any atom is 0.433 e. The third kappa shape index (κ3) is 5.81. The van der Waals surface area contributed by atoms with Crippen LogP contribution in [0.5, 0.6) is 11.5 Å². The Balaban J connectivity index is 1.61. The van der Waals surface area contributed by atoms with Crippen molar-refractivity contribution in [3.8, 4) is 11.5 Å². The SMILES string of the molecule is CC(=O)N1CC(C)(C)N(C)/C1=C/COCc1ccc(Oc2ccnc(C(F)(F)F)c2)c(F)c1. The summed E-state index contributed by atoms with van der Waals surface area (Å²) in [5.74, 6) is -0.441. The van der Waals surface area contributed by atoms with Crippen LogP contribution in [0.3, 0.4) is 0 Å². The average molecular weight is 467 g/mol. The van der Waals surface area contributed by atoms with E-state index in [0.717, 1.165) is 12.0 Å². The molecular weight excluding hydrogens is 442 g/mol. The summed E-state index contributed by atoms with van der Waals surface area (Å²) in [5.41, 5.74) is -0.807. The molecule has 0 aliphatic carbocycles. The van der Waals surface area contributed by atoms with Gasteiger partial charge in [0.1, 0.15) is 17.3 Å². The van der Waals surface area contributed by atoms with E-state index in [9.17, 15) is 22.4 Å². The molecule has 178 valence electrons. The molecule has 0 unspecified atom stereocenters. The second-order valence-electron chi connectivity index (χ2n) is 8.30. The number of pyridine rings is 1. The quantitative estimate of drug-likeness (QED) is 0.444.